The van der Waals surface area contributed by atoms with Gasteiger partial charge in [0, 0.05) is 19.3 Å². The second kappa shape index (κ2) is 4.92. The van der Waals surface area contributed by atoms with Gasteiger partial charge in [-0.2, -0.15) is 0 Å². The van der Waals surface area contributed by atoms with E-state index in [4.69, 9.17) is 0 Å². The lowest BCUT2D eigenvalue weighted by Gasteiger charge is -2.23. The Hall–Kier alpha value is -1.28. The van der Waals surface area contributed by atoms with Crippen LogP contribution in [0.5, 0.6) is 0 Å². The van der Waals surface area contributed by atoms with Crippen LogP contribution in [0.25, 0.3) is 10.9 Å². The van der Waals surface area contributed by atoms with Gasteiger partial charge in [0.05, 0.1) is 5.52 Å². The normalized spacial score (nSPS) is 28.6. The Morgan fingerprint density at radius 2 is 2.15 bits per heavy atom. The fourth-order valence-corrected chi connectivity index (χ4v) is 4.68. The van der Waals surface area contributed by atoms with Crippen molar-refractivity contribution < 1.29 is 0 Å². The average molecular weight is 268 g/mol. The highest BCUT2D eigenvalue weighted by Gasteiger charge is 2.39. The molecule has 106 valence electrons. The Morgan fingerprint density at radius 1 is 1.20 bits per heavy atom. The molecule has 0 saturated heterocycles. The van der Waals surface area contributed by atoms with Crippen LogP contribution in [0.1, 0.15) is 31.2 Å². The molecule has 2 aliphatic carbocycles. The van der Waals surface area contributed by atoms with Crippen LogP contribution in [0.15, 0.2) is 30.5 Å². The zero-order chi connectivity index (χ0) is 13.5. The van der Waals surface area contributed by atoms with Crippen LogP contribution in [0, 0.1) is 17.8 Å². The molecule has 3 unspecified atom stereocenters. The average Bonchev–Trinajstić information content (AvgIpc) is 3.15. The molecule has 1 N–H and O–H groups in total. The highest BCUT2D eigenvalue weighted by Crippen LogP contribution is 2.49. The molecule has 20 heavy (non-hydrogen) atoms. The lowest BCUT2D eigenvalue weighted by atomic mass is 9.89. The topological polar surface area (TPSA) is 17.0 Å². The van der Waals surface area contributed by atoms with Gasteiger partial charge in [0.15, 0.2) is 0 Å². The maximum Gasteiger partial charge on any atom is 0.0525 e. The quantitative estimate of drug-likeness (QED) is 0.892. The third-order valence-corrected chi connectivity index (χ3v) is 5.56. The molecule has 2 heteroatoms. The van der Waals surface area contributed by atoms with Crippen LogP contribution in [0.2, 0.25) is 0 Å². The Bertz CT molecular complexity index is 613. The first kappa shape index (κ1) is 12.5. The van der Waals surface area contributed by atoms with Crippen LogP contribution in [-0.2, 0) is 13.1 Å². The van der Waals surface area contributed by atoms with Crippen molar-refractivity contribution in [2.45, 2.75) is 38.8 Å². The SMILES string of the molecule is CNCc1cccc2ccn(CC3CC4CCC3C4)c12. The Kier molecular flexibility index (Phi) is 3.07. The molecule has 1 heterocycles. The largest absolute Gasteiger partial charge is 0.347 e. The summed E-state index contributed by atoms with van der Waals surface area (Å²) in [6, 6.07) is 8.96. The van der Waals surface area contributed by atoms with E-state index in [1.165, 1.54) is 48.7 Å². The molecule has 0 aliphatic heterocycles. The van der Waals surface area contributed by atoms with Crippen molar-refractivity contribution in [3.8, 4) is 0 Å². The molecule has 2 aliphatic rings. The summed E-state index contributed by atoms with van der Waals surface area (Å²) in [5, 5.41) is 4.69. The number of hydrogen-bond acceptors (Lipinski definition) is 1. The molecule has 2 fully saturated rings. The molecule has 3 atom stereocenters. The van der Waals surface area contributed by atoms with Crippen molar-refractivity contribution in [3.05, 3.63) is 36.0 Å². The first-order chi connectivity index (χ1) is 9.85. The first-order valence-electron chi connectivity index (χ1n) is 8.06. The van der Waals surface area contributed by atoms with Gasteiger partial charge in [-0.25, -0.2) is 0 Å². The van der Waals surface area contributed by atoms with Gasteiger partial charge in [-0.15, -0.1) is 0 Å². The maximum absolute atomic E-state index is 3.30. The molecule has 1 aromatic carbocycles. The van der Waals surface area contributed by atoms with Crippen molar-refractivity contribution >= 4 is 10.9 Å². The molecular formula is C18H24N2. The summed E-state index contributed by atoms with van der Waals surface area (Å²) in [6.07, 6.45) is 8.26. The minimum absolute atomic E-state index is 0.923. The van der Waals surface area contributed by atoms with E-state index in [1.54, 1.807) is 0 Å². The summed E-state index contributed by atoms with van der Waals surface area (Å²) in [4.78, 5) is 0. The number of hydrogen-bond donors (Lipinski definition) is 1. The number of rotatable bonds is 4. The number of fused-ring (bicyclic) bond motifs is 3. The van der Waals surface area contributed by atoms with E-state index in [-0.39, 0.29) is 0 Å². The van der Waals surface area contributed by atoms with Gasteiger partial charge in [-0.05, 0) is 61.1 Å². The van der Waals surface area contributed by atoms with Gasteiger partial charge in [0.25, 0.3) is 0 Å². The number of para-hydroxylation sites is 1. The number of nitrogens with one attached hydrogen (secondary N) is 1. The highest BCUT2D eigenvalue weighted by molar-refractivity contribution is 5.83. The van der Waals surface area contributed by atoms with E-state index in [0.29, 0.717) is 0 Å². The summed E-state index contributed by atoms with van der Waals surface area (Å²) < 4.78 is 2.52. The van der Waals surface area contributed by atoms with Crippen molar-refractivity contribution in [1.29, 1.82) is 0 Å². The van der Waals surface area contributed by atoms with Crippen molar-refractivity contribution in [2.75, 3.05) is 7.05 Å². The van der Waals surface area contributed by atoms with Crippen LogP contribution < -0.4 is 5.32 Å². The zero-order valence-corrected chi connectivity index (χ0v) is 12.3. The van der Waals surface area contributed by atoms with E-state index in [1.807, 2.05) is 7.05 Å². The Balaban J connectivity index is 1.66. The van der Waals surface area contributed by atoms with E-state index in [0.717, 1.165) is 24.3 Å². The molecule has 2 nitrogen and oxygen atoms in total. The van der Waals surface area contributed by atoms with Crippen molar-refractivity contribution in [3.63, 3.8) is 0 Å². The highest BCUT2D eigenvalue weighted by atomic mass is 15.0. The monoisotopic (exact) mass is 268 g/mol. The molecule has 0 amide bonds. The van der Waals surface area contributed by atoms with Crippen LogP contribution in [0.4, 0.5) is 0 Å². The molecule has 2 aromatic rings. The standard InChI is InChI=1S/C18H24N2/c1-19-11-16-4-2-3-14-7-8-20(18(14)16)12-17-10-13-5-6-15(17)9-13/h2-4,7-8,13,15,17,19H,5-6,9-12H2,1H3. The first-order valence-corrected chi connectivity index (χ1v) is 8.06. The molecule has 2 saturated carbocycles. The van der Waals surface area contributed by atoms with Gasteiger partial charge >= 0.3 is 0 Å². The van der Waals surface area contributed by atoms with E-state index < -0.39 is 0 Å². The molecule has 2 bridgehead atoms. The summed E-state index contributed by atoms with van der Waals surface area (Å²) >= 11 is 0. The molecule has 4 rings (SSSR count). The third-order valence-electron chi connectivity index (χ3n) is 5.56. The number of aromatic nitrogens is 1. The summed E-state index contributed by atoms with van der Waals surface area (Å²) in [5.41, 5.74) is 2.88. The maximum atomic E-state index is 3.30. The lowest BCUT2D eigenvalue weighted by molar-refractivity contribution is 0.299. The van der Waals surface area contributed by atoms with E-state index in [2.05, 4.69) is 40.3 Å². The minimum Gasteiger partial charge on any atom is -0.347 e. The van der Waals surface area contributed by atoms with E-state index in [9.17, 15) is 0 Å². The summed E-state index contributed by atoms with van der Waals surface area (Å²) in [7, 11) is 2.03. The van der Waals surface area contributed by atoms with Gasteiger partial charge in [0.2, 0.25) is 0 Å². The fraction of sp³-hybridized carbons (Fsp3) is 0.556. The second-order valence-corrected chi connectivity index (χ2v) is 6.79. The predicted octanol–water partition coefficient (Wildman–Crippen LogP) is 3.80. The number of benzene rings is 1. The van der Waals surface area contributed by atoms with Gasteiger partial charge in [-0.3, -0.25) is 0 Å². The molecule has 1 aromatic heterocycles. The van der Waals surface area contributed by atoms with Crippen LogP contribution in [0.3, 0.4) is 0 Å². The smallest absolute Gasteiger partial charge is 0.0525 e. The fourth-order valence-electron chi connectivity index (χ4n) is 4.68. The summed E-state index contributed by atoms with van der Waals surface area (Å²) in [6.45, 7) is 2.18. The predicted molar refractivity (Wildman–Crippen MR) is 83.6 cm³/mol. The van der Waals surface area contributed by atoms with Crippen LogP contribution >= 0.6 is 0 Å². The van der Waals surface area contributed by atoms with Crippen LogP contribution in [-0.4, -0.2) is 11.6 Å². The molecular weight excluding hydrogens is 244 g/mol. The second-order valence-electron chi connectivity index (χ2n) is 6.79. The molecule has 0 spiro atoms. The van der Waals surface area contributed by atoms with Gasteiger partial charge in [0.1, 0.15) is 0 Å². The van der Waals surface area contributed by atoms with E-state index >= 15 is 0 Å². The Morgan fingerprint density at radius 3 is 2.90 bits per heavy atom. The number of nitrogens with zero attached hydrogens (tertiary/aromatic N) is 1. The van der Waals surface area contributed by atoms with Gasteiger partial charge in [-0.1, -0.05) is 24.6 Å². The minimum atomic E-state index is 0.923. The Labute approximate surface area is 121 Å². The van der Waals surface area contributed by atoms with Crippen molar-refractivity contribution in [2.24, 2.45) is 17.8 Å². The summed E-state index contributed by atoms with van der Waals surface area (Å²) in [5.74, 6) is 2.98. The zero-order valence-electron chi connectivity index (χ0n) is 12.3. The lowest BCUT2D eigenvalue weighted by Crippen LogP contribution is -2.17. The van der Waals surface area contributed by atoms with Gasteiger partial charge < -0.3 is 9.88 Å². The molecule has 0 radical (unpaired) electrons. The third kappa shape index (κ3) is 1.98. The van der Waals surface area contributed by atoms with Crippen molar-refractivity contribution in [1.82, 2.24) is 9.88 Å².